The fourth-order valence-electron chi connectivity index (χ4n) is 0.515. The highest BCUT2D eigenvalue weighted by atomic mass is 19.3. The highest BCUT2D eigenvalue weighted by Gasteiger charge is 2.36. The predicted octanol–water partition coefficient (Wildman–Crippen LogP) is 1.87. The molecule has 68 valence electrons. The van der Waals surface area contributed by atoms with Crippen molar-refractivity contribution < 1.29 is 26.7 Å². The standard InChI is InChI=1S/C5H7F5O/c1-11-3(5(9)10)2(6)4(7)8/h2-5H,1H3. The van der Waals surface area contributed by atoms with Gasteiger partial charge in [0.2, 0.25) is 0 Å². The van der Waals surface area contributed by atoms with Gasteiger partial charge in [0.15, 0.2) is 12.3 Å². The molecule has 0 bridgehead atoms. The molecule has 2 unspecified atom stereocenters. The lowest BCUT2D eigenvalue weighted by molar-refractivity contribution is -0.112. The lowest BCUT2D eigenvalue weighted by atomic mass is 10.2. The molecule has 0 heterocycles. The molecule has 0 aliphatic carbocycles. The van der Waals surface area contributed by atoms with Crippen LogP contribution in [0.25, 0.3) is 0 Å². The Hall–Kier alpha value is -0.390. The van der Waals surface area contributed by atoms with E-state index in [1.807, 2.05) is 0 Å². The molecule has 0 saturated heterocycles. The van der Waals surface area contributed by atoms with E-state index >= 15 is 0 Å². The van der Waals surface area contributed by atoms with Crippen molar-refractivity contribution >= 4 is 0 Å². The van der Waals surface area contributed by atoms with E-state index in [-0.39, 0.29) is 0 Å². The Kier molecular flexibility index (Phi) is 4.32. The lowest BCUT2D eigenvalue weighted by Gasteiger charge is -2.17. The highest BCUT2D eigenvalue weighted by Crippen LogP contribution is 2.18. The summed E-state index contributed by atoms with van der Waals surface area (Å²) in [6.07, 6.45) is -11.9. The first-order valence-electron chi connectivity index (χ1n) is 2.74. The van der Waals surface area contributed by atoms with E-state index in [1.165, 1.54) is 0 Å². The molecule has 0 aliphatic rings. The Balaban J connectivity index is 4.02. The van der Waals surface area contributed by atoms with Gasteiger partial charge in [-0.2, -0.15) is 0 Å². The number of hydrogen-bond acceptors (Lipinski definition) is 1. The normalized spacial score (nSPS) is 17.5. The number of alkyl halides is 5. The minimum Gasteiger partial charge on any atom is -0.372 e. The topological polar surface area (TPSA) is 9.23 Å². The first-order valence-corrected chi connectivity index (χ1v) is 2.74. The average molecular weight is 178 g/mol. The van der Waals surface area contributed by atoms with Crippen LogP contribution < -0.4 is 0 Å². The zero-order valence-corrected chi connectivity index (χ0v) is 5.61. The molecule has 0 amide bonds. The summed E-state index contributed by atoms with van der Waals surface area (Å²) in [6, 6.07) is 0. The van der Waals surface area contributed by atoms with E-state index in [2.05, 4.69) is 4.74 Å². The maximum atomic E-state index is 12.1. The van der Waals surface area contributed by atoms with E-state index in [0.717, 1.165) is 7.11 Å². The second-order valence-electron chi connectivity index (χ2n) is 1.81. The molecular formula is C5H7F5O. The lowest BCUT2D eigenvalue weighted by Crippen LogP contribution is -2.36. The molecule has 0 aromatic rings. The molecule has 0 aliphatic heterocycles. The number of hydrogen-bond donors (Lipinski definition) is 0. The van der Waals surface area contributed by atoms with E-state index in [9.17, 15) is 22.0 Å². The summed E-state index contributed by atoms with van der Waals surface area (Å²) in [5.41, 5.74) is 0. The third-order valence-corrected chi connectivity index (χ3v) is 1.08. The predicted molar refractivity (Wildman–Crippen MR) is 27.7 cm³/mol. The van der Waals surface area contributed by atoms with Crippen LogP contribution in [0.4, 0.5) is 22.0 Å². The van der Waals surface area contributed by atoms with Crippen molar-refractivity contribution in [3.05, 3.63) is 0 Å². The van der Waals surface area contributed by atoms with Crippen LogP contribution in [0.2, 0.25) is 0 Å². The van der Waals surface area contributed by atoms with Crippen molar-refractivity contribution in [1.82, 2.24) is 0 Å². The fraction of sp³-hybridized carbons (Fsp3) is 1.00. The molecule has 1 nitrogen and oxygen atoms in total. The van der Waals surface area contributed by atoms with Gasteiger partial charge in [0.1, 0.15) is 0 Å². The first-order chi connectivity index (χ1) is 5.00. The van der Waals surface area contributed by atoms with E-state index in [0.29, 0.717) is 0 Å². The molecule has 11 heavy (non-hydrogen) atoms. The van der Waals surface area contributed by atoms with Crippen molar-refractivity contribution in [2.45, 2.75) is 25.1 Å². The molecule has 0 aromatic heterocycles. The summed E-state index contributed by atoms with van der Waals surface area (Å²) >= 11 is 0. The number of rotatable bonds is 4. The summed E-state index contributed by atoms with van der Waals surface area (Å²) in [6.45, 7) is 0. The van der Waals surface area contributed by atoms with Gasteiger partial charge in [-0.25, -0.2) is 22.0 Å². The summed E-state index contributed by atoms with van der Waals surface area (Å²) in [5, 5.41) is 0. The van der Waals surface area contributed by atoms with Crippen LogP contribution in [0.3, 0.4) is 0 Å². The molecule has 6 heteroatoms. The van der Waals surface area contributed by atoms with E-state index < -0.39 is 25.1 Å². The molecule has 0 fully saturated rings. The maximum Gasteiger partial charge on any atom is 0.272 e. The van der Waals surface area contributed by atoms with Crippen molar-refractivity contribution in [3.63, 3.8) is 0 Å². The van der Waals surface area contributed by atoms with Crippen LogP contribution >= 0.6 is 0 Å². The zero-order chi connectivity index (χ0) is 9.02. The van der Waals surface area contributed by atoms with Crippen molar-refractivity contribution in [2.24, 2.45) is 0 Å². The Morgan fingerprint density at radius 3 is 1.45 bits per heavy atom. The minimum atomic E-state index is -3.44. The second kappa shape index (κ2) is 4.48. The Labute approximate surface area is 60.1 Å². The fourth-order valence-corrected chi connectivity index (χ4v) is 0.515. The Bertz CT molecular complexity index is 107. The van der Waals surface area contributed by atoms with Gasteiger partial charge in [-0.15, -0.1) is 0 Å². The van der Waals surface area contributed by atoms with Gasteiger partial charge in [-0.3, -0.25) is 0 Å². The average Bonchev–Trinajstić information content (AvgIpc) is 1.88. The SMILES string of the molecule is COC(C(F)F)C(F)C(F)F. The minimum absolute atomic E-state index is 0.756. The van der Waals surface area contributed by atoms with Gasteiger partial charge >= 0.3 is 0 Å². The smallest absolute Gasteiger partial charge is 0.272 e. The molecular weight excluding hydrogens is 171 g/mol. The van der Waals surface area contributed by atoms with Gasteiger partial charge in [0.05, 0.1) is 0 Å². The molecule has 0 rings (SSSR count). The first kappa shape index (κ1) is 10.6. The van der Waals surface area contributed by atoms with Gasteiger partial charge in [0, 0.05) is 7.11 Å². The van der Waals surface area contributed by atoms with E-state index in [1.54, 1.807) is 0 Å². The maximum absolute atomic E-state index is 12.1. The third-order valence-electron chi connectivity index (χ3n) is 1.08. The molecule has 0 saturated carbocycles. The van der Waals surface area contributed by atoms with Gasteiger partial charge in [-0.05, 0) is 0 Å². The van der Waals surface area contributed by atoms with Crippen LogP contribution in [-0.4, -0.2) is 32.2 Å². The second-order valence-corrected chi connectivity index (χ2v) is 1.81. The Morgan fingerprint density at radius 1 is 0.909 bits per heavy atom. The molecule has 0 aromatic carbocycles. The molecule has 0 radical (unpaired) electrons. The summed E-state index contributed by atoms with van der Waals surface area (Å²) in [5.74, 6) is 0. The monoisotopic (exact) mass is 178 g/mol. The molecule has 2 atom stereocenters. The number of halogens is 5. The highest BCUT2D eigenvalue weighted by molar-refractivity contribution is 4.73. The van der Waals surface area contributed by atoms with Crippen LogP contribution in [0, 0.1) is 0 Å². The molecule has 0 N–H and O–H groups in total. The van der Waals surface area contributed by atoms with Gasteiger partial charge in [0.25, 0.3) is 12.9 Å². The third kappa shape index (κ3) is 3.00. The molecule has 0 spiro atoms. The van der Waals surface area contributed by atoms with Crippen molar-refractivity contribution in [2.75, 3.05) is 7.11 Å². The number of ether oxygens (including phenoxy) is 1. The quantitative estimate of drug-likeness (QED) is 0.597. The summed E-state index contributed by atoms with van der Waals surface area (Å²) in [4.78, 5) is 0. The van der Waals surface area contributed by atoms with Crippen LogP contribution in [-0.2, 0) is 4.74 Å². The summed E-state index contributed by atoms with van der Waals surface area (Å²) in [7, 11) is 0.756. The summed E-state index contributed by atoms with van der Waals surface area (Å²) < 4.78 is 62.0. The Morgan fingerprint density at radius 2 is 1.36 bits per heavy atom. The zero-order valence-electron chi connectivity index (χ0n) is 5.61. The van der Waals surface area contributed by atoms with Crippen LogP contribution in [0.15, 0.2) is 0 Å². The number of methoxy groups -OCH3 is 1. The van der Waals surface area contributed by atoms with Crippen LogP contribution in [0.5, 0.6) is 0 Å². The van der Waals surface area contributed by atoms with Crippen LogP contribution in [0.1, 0.15) is 0 Å². The van der Waals surface area contributed by atoms with Crippen molar-refractivity contribution in [3.8, 4) is 0 Å². The van der Waals surface area contributed by atoms with E-state index in [4.69, 9.17) is 0 Å². The largest absolute Gasteiger partial charge is 0.372 e. The van der Waals surface area contributed by atoms with Gasteiger partial charge in [-0.1, -0.05) is 0 Å². The van der Waals surface area contributed by atoms with Gasteiger partial charge < -0.3 is 4.74 Å². The van der Waals surface area contributed by atoms with Crippen molar-refractivity contribution in [1.29, 1.82) is 0 Å².